The molecule has 0 unspecified atom stereocenters. The van der Waals surface area contributed by atoms with Crippen LogP contribution in [-0.4, -0.2) is 48.7 Å². The van der Waals surface area contributed by atoms with Crippen molar-refractivity contribution in [2.24, 2.45) is 0 Å². The molecule has 10 heteroatoms. The Balaban J connectivity index is 1.42. The van der Waals surface area contributed by atoms with Crippen LogP contribution in [0.15, 0.2) is 110 Å². The van der Waals surface area contributed by atoms with Crippen molar-refractivity contribution in [1.82, 2.24) is 10.8 Å². The molecule has 5 rings (SSSR count). The predicted molar refractivity (Wildman–Crippen MR) is 181 cm³/mol. The van der Waals surface area contributed by atoms with E-state index in [1.165, 1.54) is 12.1 Å². The molecule has 0 fully saturated rings. The van der Waals surface area contributed by atoms with E-state index < -0.39 is 23.8 Å². The molecule has 7 N–H and O–H groups in total. The van der Waals surface area contributed by atoms with Crippen LogP contribution in [0.4, 0.5) is 5.69 Å². The average molecular weight is 634 g/mol. The van der Waals surface area contributed by atoms with Gasteiger partial charge in [-0.2, -0.15) is 0 Å². The third-order valence-electron chi connectivity index (χ3n) is 7.64. The van der Waals surface area contributed by atoms with Crippen LogP contribution in [0.1, 0.15) is 23.2 Å². The summed E-state index contributed by atoms with van der Waals surface area (Å²) in [5, 5.41) is 18.4. The molecule has 0 aliphatic rings. The molecule has 240 valence electrons. The lowest BCUT2D eigenvalue weighted by Gasteiger charge is -2.21. The molecular weight excluding hydrogens is 596 g/mol. The van der Waals surface area contributed by atoms with Gasteiger partial charge in [-0.25, -0.2) is 5.48 Å². The van der Waals surface area contributed by atoms with E-state index in [9.17, 15) is 14.4 Å². The summed E-state index contributed by atoms with van der Waals surface area (Å²) >= 11 is 0. The zero-order valence-corrected chi connectivity index (χ0v) is 25.8. The summed E-state index contributed by atoms with van der Waals surface area (Å²) in [6.45, 7) is 4.33. The van der Waals surface area contributed by atoms with Gasteiger partial charge in [-0.05, 0) is 64.7 Å². The molecule has 0 heterocycles. The fourth-order valence-electron chi connectivity index (χ4n) is 5.44. The SMILES string of the molecule is C=CCOc1ccc2ccccc2c1-c1c(OCC(=O)N[C@H](CCC[NH3+])C(=O)Nc2cccc(C(=O)NO)c2)ccc2ccccc12. The molecule has 10 nitrogen and oxygen atoms in total. The molecule has 0 saturated heterocycles. The molecule has 3 amide bonds. The Bertz CT molecular complexity index is 1920. The highest BCUT2D eigenvalue weighted by Gasteiger charge is 2.23. The van der Waals surface area contributed by atoms with E-state index in [0.29, 0.717) is 43.2 Å². The number of nitrogens with one attached hydrogen (secondary N) is 3. The number of quaternary nitrogens is 1. The van der Waals surface area contributed by atoms with Gasteiger partial charge in [0.25, 0.3) is 11.8 Å². The molecule has 5 aromatic carbocycles. The molecule has 47 heavy (non-hydrogen) atoms. The fraction of sp³-hybridized carbons (Fsp3) is 0.162. The Morgan fingerprint density at radius 2 is 1.47 bits per heavy atom. The van der Waals surface area contributed by atoms with Crippen molar-refractivity contribution in [1.29, 1.82) is 0 Å². The maximum absolute atomic E-state index is 13.3. The van der Waals surface area contributed by atoms with Gasteiger partial charge in [0.2, 0.25) is 5.91 Å². The van der Waals surface area contributed by atoms with Crippen LogP contribution in [0.25, 0.3) is 32.7 Å². The van der Waals surface area contributed by atoms with Crippen LogP contribution in [-0.2, 0) is 9.59 Å². The number of anilines is 1. The zero-order valence-electron chi connectivity index (χ0n) is 25.8. The first-order valence-corrected chi connectivity index (χ1v) is 15.3. The lowest BCUT2D eigenvalue weighted by Crippen LogP contribution is -2.51. The van der Waals surface area contributed by atoms with E-state index in [2.05, 4.69) is 22.9 Å². The number of hydroxylamine groups is 1. The first-order valence-electron chi connectivity index (χ1n) is 15.3. The molecule has 1 atom stereocenters. The van der Waals surface area contributed by atoms with Crippen LogP contribution >= 0.6 is 0 Å². The third-order valence-corrected chi connectivity index (χ3v) is 7.64. The minimum atomic E-state index is -0.878. The van der Waals surface area contributed by atoms with E-state index in [1.54, 1.807) is 23.7 Å². The smallest absolute Gasteiger partial charge is 0.274 e. The molecule has 0 aliphatic carbocycles. The maximum atomic E-state index is 13.3. The van der Waals surface area contributed by atoms with Gasteiger partial charge in [0, 0.05) is 22.4 Å². The monoisotopic (exact) mass is 633 g/mol. The van der Waals surface area contributed by atoms with Gasteiger partial charge in [0.1, 0.15) is 24.1 Å². The second kappa shape index (κ2) is 15.5. The number of carbonyl (C=O) groups excluding carboxylic acids is 3. The van der Waals surface area contributed by atoms with Crippen molar-refractivity contribution in [2.45, 2.75) is 18.9 Å². The normalized spacial score (nSPS) is 11.4. The van der Waals surface area contributed by atoms with Gasteiger partial charge in [0.15, 0.2) is 6.61 Å². The van der Waals surface area contributed by atoms with Gasteiger partial charge in [-0.3, -0.25) is 19.6 Å². The number of hydrogen-bond acceptors (Lipinski definition) is 6. The lowest BCUT2D eigenvalue weighted by atomic mass is 9.92. The Morgan fingerprint density at radius 3 is 2.09 bits per heavy atom. The van der Waals surface area contributed by atoms with Gasteiger partial charge in [-0.1, -0.05) is 79.4 Å². The Morgan fingerprint density at radius 1 is 0.830 bits per heavy atom. The summed E-state index contributed by atoms with van der Waals surface area (Å²) in [6, 6.07) is 28.9. The first kappa shape index (κ1) is 32.7. The number of ether oxygens (including phenoxy) is 2. The molecule has 0 radical (unpaired) electrons. The molecule has 0 saturated carbocycles. The number of benzene rings is 5. The maximum Gasteiger partial charge on any atom is 0.274 e. The second-order valence-electron chi connectivity index (χ2n) is 10.8. The van der Waals surface area contributed by atoms with Crippen LogP contribution in [0.2, 0.25) is 0 Å². The second-order valence-corrected chi connectivity index (χ2v) is 10.8. The molecule has 0 bridgehead atoms. The predicted octanol–water partition coefficient (Wildman–Crippen LogP) is 4.87. The van der Waals surface area contributed by atoms with Crippen molar-refractivity contribution in [3.8, 4) is 22.6 Å². The van der Waals surface area contributed by atoms with Crippen LogP contribution in [0.3, 0.4) is 0 Å². The largest absolute Gasteiger partial charge is 0.489 e. The van der Waals surface area contributed by atoms with Gasteiger partial charge >= 0.3 is 0 Å². The Hall–Kier alpha value is -5.71. The van der Waals surface area contributed by atoms with Gasteiger partial charge in [0.05, 0.1) is 6.54 Å². The Kier molecular flexibility index (Phi) is 10.8. The molecule has 0 spiro atoms. The lowest BCUT2D eigenvalue weighted by molar-refractivity contribution is -0.368. The molecule has 5 aromatic rings. The average Bonchev–Trinajstić information content (AvgIpc) is 3.10. The van der Waals surface area contributed by atoms with E-state index in [1.807, 2.05) is 72.8 Å². The van der Waals surface area contributed by atoms with Crippen molar-refractivity contribution in [2.75, 3.05) is 25.1 Å². The summed E-state index contributed by atoms with van der Waals surface area (Å²) in [5.41, 5.74) is 7.54. The number of carbonyl (C=O) groups is 3. The van der Waals surface area contributed by atoms with Crippen LogP contribution in [0.5, 0.6) is 11.5 Å². The highest BCUT2D eigenvalue weighted by molar-refractivity contribution is 6.10. The minimum Gasteiger partial charge on any atom is -0.489 e. The van der Waals surface area contributed by atoms with Crippen LogP contribution in [0, 0.1) is 0 Å². The summed E-state index contributed by atoms with van der Waals surface area (Å²) in [6.07, 6.45) is 2.63. The topological polar surface area (TPSA) is 154 Å². The van der Waals surface area contributed by atoms with E-state index in [-0.39, 0.29) is 12.2 Å². The standard InChI is InChI=1S/C37H36N4O6/c1-2-21-46-31-18-16-24-9-3-5-13-28(24)34(31)35-29-14-6-4-10-25(29)17-19-32(35)47-23-33(42)40-30(15-8-20-38)37(44)39-27-12-7-11-26(22-27)36(43)41-45/h2-7,9-14,16-19,22,30,45H,1,8,15,20-21,23,38H2,(H,39,44)(H,40,42)(H,41,43)/p+1/t30-/m1/s1. The quantitative estimate of drug-likeness (QED) is 0.0668. The number of rotatable bonds is 14. The molecule has 0 aromatic heterocycles. The van der Waals surface area contributed by atoms with E-state index in [0.717, 1.165) is 32.7 Å². The Labute approximate surface area is 272 Å². The number of amides is 3. The van der Waals surface area contributed by atoms with Gasteiger partial charge in [-0.15, -0.1) is 0 Å². The highest BCUT2D eigenvalue weighted by Crippen LogP contribution is 2.45. The highest BCUT2D eigenvalue weighted by atomic mass is 16.5. The first-order chi connectivity index (χ1) is 22.9. The van der Waals surface area contributed by atoms with Crippen molar-refractivity contribution in [3.63, 3.8) is 0 Å². The van der Waals surface area contributed by atoms with Gasteiger partial charge < -0.3 is 25.8 Å². The van der Waals surface area contributed by atoms with E-state index in [4.69, 9.17) is 14.7 Å². The minimum absolute atomic E-state index is 0.160. The zero-order chi connectivity index (χ0) is 33.2. The van der Waals surface area contributed by atoms with Crippen molar-refractivity contribution >= 4 is 45.0 Å². The molecule has 0 aliphatic heterocycles. The molecular formula is C37H37N4O6+. The summed E-state index contributed by atoms with van der Waals surface area (Å²) in [7, 11) is 0. The summed E-state index contributed by atoms with van der Waals surface area (Å²) < 4.78 is 12.4. The number of hydrogen-bond donors (Lipinski definition) is 5. The number of fused-ring (bicyclic) bond motifs is 2. The van der Waals surface area contributed by atoms with E-state index >= 15 is 0 Å². The van der Waals surface area contributed by atoms with Crippen LogP contribution < -0.4 is 31.3 Å². The fourth-order valence-corrected chi connectivity index (χ4v) is 5.44. The summed E-state index contributed by atoms with van der Waals surface area (Å²) in [4.78, 5) is 38.4. The summed E-state index contributed by atoms with van der Waals surface area (Å²) in [5.74, 6) is -0.519. The third kappa shape index (κ3) is 7.75. The van der Waals surface area contributed by atoms with Crippen molar-refractivity contribution < 1.29 is 34.8 Å². The van der Waals surface area contributed by atoms with Crippen molar-refractivity contribution in [3.05, 3.63) is 115 Å².